The van der Waals surface area contributed by atoms with Crippen molar-refractivity contribution in [3.8, 4) is 0 Å². The minimum Gasteiger partial charge on any atom is -0.393 e. The van der Waals surface area contributed by atoms with Crippen molar-refractivity contribution in [1.29, 1.82) is 0 Å². The smallest absolute Gasteiger partial charge is 0.193 e. The summed E-state index contributed by atoms with van der Waals surface area (Å²) in [4.78, 5) is 6.68. The van der Waals surface area contributed by atoms with Crippen molar-refractivity contribution >= 4 is 29.9 Å². The van der Waals surface area contributed by atoms with Crippen molar-refractivity contribution in [2.75, 3.05) is 26.7 Å². The first-order chi connectivity index (χ1) is 8.73. The third kappa shape index (κ3) is 3.54. The van der Waals surface area contributed by atoms with Crippen LogP contribution in [0.25, 0.3) is 0 Å². The lowest BCUT2D eigenvalue weighted by molar-refractivity contribution is 0.107. The van der Waals surface area contributed by atoms with Crippen molar-refractivity contribution < 1.29 is 5.11 Å². The SMILES string of the molecule is CN=C(NCC1(C2CC2)CC1)N1CCC(O)CC1.I. The van der Waals surface area contributed by atoms with Gasteiger partial charge in [0.2, 0.25) is 0 Å². The van der Waals surface area contributed by atoms with Gasteiger partial charge in [0.1, 0.15) is 0 Å². The number of rotatable bonds is 3. The van der Waals surface area contributed by atoms with Gasteiger partial charge in [-0.1, -0.05) is 0 Å². The Labute approximate surface area is 133 Å². The number of halogens is 1. The molecule has 0 unspecified atom stereocenters. The summed E-state index contributed by atoms with van der Waals surface area (Å²) in [6.45, 7) is 2.96. The Balaban J connectivity index is 0.00000133. The number of nitrogens with one attached hydrogen (secondary N) is 1. The second-order valence-corrected chi connectivity index (χ2v) is 6.26. The Morgan fingerprint density at radius 3 is 2.37 bits per heavy atom. The molecule has 0 amide bonds. The van der Waals surface area contributed by atoms with Gasteiger partial charge in [0, 0.05) is 26.7 Å². The quantitative estimate of drug-likeness (QED) is 0.447. The lowest BCUT2D eigenvalue weighted by Gasteiger charge is -2.33. The predicted octanol–water partition coefficient (Wildman–Crippen LogP) is 1.83. The van der Waals surface area contributed by atoms with E-state index in [0.717, 1.165) is 44.4 Å². The Hall–Kier alpha value is -0.0400. The average Bonchev–Trinajstić information content (AvgIpc) is 3.25. The van der Waals surface area contributed by atoms with E-state index >= 15 is 0 Å². The summed E-state index contributed by atoms with van der Waals surface area (Å²) >= 11 is 0. The van der Waals surface area contributed by atoms with Gasteiger partial charge in [-0.3, -0.25) is 4.99 Å². The molecule has 0 aromatic carbocycles. The van der Waals surface area contributed by atoms with Crippen LogP contribution >= 0.6 is 24.0 Å². The van der Waals surface area contributed by atoms with Crippen molar-refractivity contribution in [3.05, 3.63) is 0 Å². The van der Waals surface area contributed by atoms with E-state index in [1.54, 1.807) is 0 Å². The highest BCUT2D eigenvalue weighted by molar-refractivity contribution is 14.0. The van der Waals surface area contributed by atoms with Crippen LogP contribution in [0.2, 0.25) is 0 Å². The van der Waals surface area contributed by atoms with E-state index in [1.165, 1.54) is 25.7 Å². The Bertz CT molecular complexity index is 332. The molecule has 110 valence electrons. The van der Waals surface area contributed by atoms with Gasteiger partial charge in [-0.2, -0.15) is 0 Å². The molecule has 1 aliphatic heterocycles. The number of nitrogens with zero attached hydrogens (tertiary/aromatic N) is 2. The molecule has 2 saturated carbocycles. The number of aliphatic hydroxyl groups excluding tert-OH is 1. The van der Waals surface area contributed by atoms with E-state index in [0.29, 0.717) is 5.41 Å². The molecular formula is C14H26IN3O. The zero-order chi connectivity index (χ0) is 12.6. The van der Waals surface area contributed by atoms with E-state index in [9.17, 15) is 5.11 Å². The Kier molecular flexibility index (Phi) is 4.98. The van der Waals surface area contributed by atoms with Crippen LogP contribution in [0.3, 0.4) is 0 Å². The van der Waals surface area contributed by atoms with Crippen LogP contribution in [0.5, 0.6) is 0 Å². The zero-order valence-electron chi connectivity index (χ0n) is 11.8. The first kappa shape index (κ1) is 15.4. The van der Waals surface area contributed by atoms with Crippen LogP contribution in [-0.4, -0.2) is 48.8 Å². The average molecular weight is 379 g/mol. The highest BCUT2D eigenvalue weighted by Crippen LogP contribution is 2.60. The number of piperidine rings is 1. The number of aliphatic imine (C=N–C) groups is 1. The minimum atomic E-state index is -0.111. The number of aliphatic hydroxyl groups is 1. The van der Waals surface area contributed by atoms with Crippen molar-refractivity contribution in [2.45, 2.75) is 44.6 Å². The third-order valence-electron chi connectivity index (χ3n) is 4.91. The van der Waals surface area contributed by atoms with Crippen LogP contribution in [0.15, 0.2) is 4.99 Å². The van der Waals surface area contributed by atoms with Crippen LogP contribution in [-0.2, 0) is 0 Å². The number of hydrogen-bond acceptors (Lipinski definition) is 2. The number of likely N-dealkylation sites (tertiary alicyclic amines) is 1. The fraction of sp³-hybridized carbons (Fsp3) is 0.929. The summed E-state index contributed by atoms with van der Waals surface area (Å²) in [5, 5.41) is 13.1. The first-order valence-electron chi connectivity index (χ1n) is 7.37. The molecule has 0 spiro atoms. The Morgan fingerprint density at radius 1 is 1.26 bits per heavy atom. The maximum Gasteiger partial charge on any atom is 0.193 e. The predicted molar refractivity (Wildman–Crippen MR) is 88.0 cm³/mol. The zero-order valence-corrected chi connectivity index (χ0v) is 14.1. The van der Waals surface area contributed by atoms with Crippen LogP contribution in [0, 0.1) is 11.3 Å². The van der Waals surface area contributed by atoms with E-state index < -0.39 is 0 Å². The summed E-state index contributed by atoms with van der Waals surface area (Å²) in [5.74, 6) is 2.03. The van der Waals surface area contributed by atoms with Gasteiger partial charge in [0.25, 0.3) is 0 Å². The summed E-state index contributed by atoms with van der Waals surface area (Å²) in [6, 6.07) is 0. The maximum absolute atomic E-state index is 9.54. The number of hydrogen-bond donors (Lipinski definition) is 2. The molecule has 3 aliphatic rings. The molecule has 4 nitrogen and oxygen atoms in total. The van der Waals surface area contributed by atoms with Gasteiger partial charge in [-0.05, 0) is 49.9 Å². The number of guanidine groups is 1. The van der Waals surface area contributed by atoms with Gasteiger partial charge >= 0.3 is 0 Å². The van der Waals surface area contributed by atoms with E-state index in [2.05, 4.69) is 15.2 Å². The molecule has 1 heterocycles. The standard InChI is InChI=1S/C14H25N3O.HI/c1-15-13(17-8-4-12(18)5-9-17)16-10-14(6-7-14)11-2-3-11;/h11-12,18H,2-10H2,1H3,(H,15,16);1H. The lowest BCUT2D eigenvalue weighted by Crippen LogP contribution is -2.48. The van der Waals surface area contributed by atoms with Gasteiger partial charge in [-0.25, -0.2) is 0 Å². The van der Waals surface area contributed by atoms with Gasteiger partial charge in [0.15, 0.2) is 5.96 Å². The third-order valence-corrected chi connectivity index (χ3v) is 4.91. The molecule has 0 aromatic heterocycles. The van der Waals surface area contributed by atoms with E-state index in [1.807, 2.05) is 7.05 Å². The second kappa shape index (κ2) is 6.16. The molecule has 0 atom stereocenters. The second-order valence-electron chi connectivity index (χ2n) is 6.26. The highest BCUT2D eigenvalue weighted by Gasteiger charge is 2.53. The summed E-state index contributed by atoms with van der Waals surface area (Å²) in [5.41, 5.74) is 0.616. The van der Waals surface area contributed by atoms with Crippen LogP contribution < -0.4 is 5.32 Å². The molecule has 5 heteroatoms. The first-order valence-corrected chi connectivity index (χ1v) is 7.37. The largest absolute Gasteiger partial charge is 0.393 e. The molecule has 0 bridgehead atoms. The monoisotopic (exact) mass is 379 g/mol. The summed E-state index contributed by atoms with van der Waals surface area (Å²) in [6.07, 6.45) is 7.32. The van der Waals surface area contributed by atoms with E-state index in [-0.39, 0.29) is 30.1 Å². The minimum absolute atomic E-state index is 0. The molecule has 0 radical (unpaired) electrons. The summed E-state index contributed by atoms with van der Waals surface area (Å²) < 4.78 is 0. The van der Waals surface area contributed by atoms with E-state index in [4.69, 9.17) is 0 Å². The highest BCUT2D eigenvalue weighted by atomic mass is 127. The van der Waals surface area contributed by atoms with Crippen molar-refractivity contribution in [3.63, 3.8) is 0 Å². The molecular weight excluding hydrogens is 353 g/mol. The van der Waals surface area contributed by atoms with Crippen molar-refractivity contribution in [2.24, 2.45) is 16.3 Å². The fourth-order valence-corrected chi connectivity index (χ4v) is 3.25. The lowest BCUT2D eigenvalue weighted by atomic mass is 10.0. The maximum atomic E-state index is 9.54. The molecule has 1 saturated heterocycles. The topological polar surface area (TPSA) is 47.9 Å². The molecule has 0 aromatic rings. The molecule has 3 fully saturated rings. The van der Waals surface area contributed by atoms with Gasteiger partial charge < -0.3 is 15.3 Å². The normalized spacial score (nSPS) is 26.8. The van der Waals surface area contributed by atoms with Crippen LogP contribution in [0.1, 0.15) is 38.5 Å². The molecule has 19 heavy (non-hydrogen) atoms. The molecule has 2 N–H and O–H groups in total. The van der Waals surface area contributed by atoms with Gasteiger partial charge in [0.05, 0.1) is 6.10 Å². The van der Waals surface area contributed by atoms with Crippen LogP contribution in [0.4, 0.5) is 0 Å². The molecule has 3 rings (SSSR count). The molecule has 2 aliphatic carbocycles. The van der Waals surface area contributed by atoms with Crippen molar-refractivity contribution in [1.82, 2.24) is 10.2 Å². The summed E-state index contributed by atoms with van der Waals surface area (Å²) in [7, 11) is 1.87. The van der Waals surface area contributed by atoms with Gasteiger partial charge in [-0.15, -0.1) is 24.0 Å². The fourth-order valence-electron chi connectivity index (χ4n) is 3.25. The Morgan fingerprint density at radius 2 is 1.89 bits per heavy atom.